The van der Waals surface area contributed by atoms with Crippen LogP contribution in [0.1, 0.15) is 22.0 Å². The number of carbonyl (C=O) groups is 1. The molecule has 0 spiro atoms. The van der Waals surface area contributed by atoms with Gasteiger partial charge in [0.1, 0.15) is 6.10 Å². The lowest BCUT2D eigenvalue weighted by atomic mass is 9.99. The van der Waals surface area contributed by atoms with Crippen LogP contribution >= 0.6 is 11.6 Å². The van der Waals surface area contributed by atoms with Gasteiger partial charge in [-0.1, -0.05) is 29.8 Å². The Kier molecular flexibility index (Phi) is 4.83. The van der Waals surface area contributed by atoms with E-state index in [1.165, 1.54) is 20.3 Å². The second-order valence-corrected chi connectivity index (χ2v) is 4.83. The molecule has 0 aliphatic rings. The van der Waals surface area contributed by atoms with Gasteiger partial charge in [0.25, 0.3) is 0 Å². The molecular weight excluding hydrogens is 292 g/mol. The van der Waals surface area contributed by atoms with Crippen LogP contribution < -0.4 is 9.47 Å². The molecule has 0 saturated heterocycles. The molecule has 0 saturated carbocycles. The first-order valence-electron chi connectivity index (χ1n) is 6.26. The maximum absolute atomic E-state index is 12.3. The second kappa shape index (κ2) is 6.61. The average Bonchev–Trinajstić information content (AvgIpc) is 2.52. The van der Waals surface area contributed by atoms with E-state index in [0.717, 1.165) is 0 Å². The predicted molar refractivity (Wildman–Crippen MR) is 80.3 cm³/mol. The summed E-state index contributed by atoms with van der Waals surface area (Å²) >= 11 is 5.86. The monoisotopic (exact) mass is 306 g/mol. The standard InChI is InChI=1S/C16H15ClO4/c1-20-13-7-6-11(9-14(13)21-2)16(19)15(18)10-4-3-5-12(17)8-10/h3-9,16,19H,1-2H3. The molecule has 0 fully saturated rings. The summed E-state index contributed by atoms with van der Waals surface area (Å²) in [5.74, 6) is 0.557. The Hall–Kier alpha value is -2.04. The Bertz CT molecular complexity index is 654. The van der Waals surface area contributed by atoms with E-state index in [0.29, 0.717) is 27.6 Å². The molecule has 0 bridgehead atoms. The maximum atomic E-state index is 12.3. The van der Waals surface area contributed by atoms with Crippen LogP contribution in [0.2, 0.25) is 5.02 Å². The molecule has 1 atom stereocenters. The fraction of sp³-hybridized carbons (Fsp3) is 0.188. The number of aliphatic hydroxyl groups is 1. The van der Waals surface area contributed by atoms with Crippen LogP contribution in [0.5, 0.6) is 11.5 Å². The van der Waals surface area contributed by atoms with E-state index in [2.05, 4.69) is 0 Å². The van der Waals surface area contributed by atoms with Gasteiger partial charge < -0.3 is 14.6 Å². The van der Waals surface area contributed by atoms with E-state index in [4.69, 9.17) is 21.1 Å². The van der Waals surface area contributed by atoms with Crippen molar-refractivity contribution in [1.82, 2.24) is 0 Å². The molecule has 2 aromatic rings. The van der Waals surface area contributed by atoms with Crippen LogP contribution in [0.25, 0.3) is 0 Å². The Balaban J connectivity index is 2.31. The molecule has 4 nitrogen and oxygen atoms in total. The Morgan fingerprint density at radius 1 is 1.10 bits per heavy atom. The predicted octanol–water partition coefficient (Wildman–Crippen LogP) is 3.27. The summed E-state index contributed by atoms with van der Waals surface area (Å²) in [5, 5.41) is 10.7. The van der Waals surface area contributed by atoms with Crippen molar-refractivity contribution in [3.8, 4) is 11.5 Å². The van der Waals surface area contributed by atoms with Crippen LogP contribution in [0.3, 0.4) is 0 Å². The highest BCUT2D eigenvalue weighted by Crippen LogP contribution is 2.31. The van der Waals surface area contributed by atoms with Gasteiger partial charge in [-0.05, 0) is 29.8 Å². The van der Waals surface area contributed by atoms with Crippen molar-refractivity contribution < 1.29 is 19.4 Å². The van der Waals surface area contributed by atoms with Gasteiger partial charge in [-0.3, -0.25) is 4.79 Å². The zero-order valence-corrected chi connectivity index (χ0v) is 12.4. The molecule has 1 unspecified atom stereocenters. The van der Waals surface area contributed by atoms with Crippen molar-refractivity contribution in [2.75, 3.05) is 14.2 Å². The van der Waals surface area contributed by atoms with E-state index in [-0.39, 0.29) is 0 Å². The summed E-state index contributed by atoms with van der Waals surface area (Å²) in [6.45, 7) is 0. The first-order chi connectivity index (χ1) is 10.1. The van der Waals surface area contributed by atoms with Crippen LogP contribution in [0, 0.1) is 0 Å². The van der Waals surface area contributed by atoms with Crippen LogP contribution in [0.4, 0.5) is 0 Å². The normalized spacial score (nSPS) is 11.8. The lowest BCUT2D eigenvalue weighted by molar-refractivity contribution is 0.0747. The molecule has 0 aromatic heterocycles. The van der Waals surface area contributed by atoms with Gasteiger partial charge in [0.15, 0.2) is 17.3 Å². The fourth-order valence-corrected chi connectivity index (χ4v) is 2.16. The topological polar surface area (TPSA) is 55.8 Å². The van der Waals surface area contributed by atoms with Gasteiger partial charge in [0.05, 0.1) is 14.2 Å². The van der Waals surface area contributed by atoms with Gasteiger partial charge >= 0.3 is 0 Å². The number of benzene rings is 2. The highest BCUT2D eigenvalue weighted by molar-refractivity contribution is 6.31. The number of ketones is 1. The van der Waals surface area contributed by atoms with Gasteiger partial charge in [0, 0.05) is 10.6 Å². The van der Waals surface area contributed by atoms with E-state index < -0.39 is 11.9 Å². The molecule has 0 radical (unpaired) electrons. The SMILES string of the molecule is COc1ccc(C(O)C(=O)c2cccc(Cl)c2)cc1OC. The molecule has 0 aliphatic carbocycles. The van der Waals surface area contributed by atoms with Gasteiger partial charge in [0.2, 0.25) is 0 Å². The number of Topliss-reactive ketones (excluding diaryl/α,β-unsaturated/α-hetero) is 1. The molecular formula is C16H15ClO4. The molecule has 2 aromatic carbocycles. The van der Waals surface area contributed by atoms with Gasteiger partial charge in [-0.15, -0.1) is 0 Å². The fourth-order valence-electron chi connectivity index (χ4n) is 1.97. The highest BCUT2D eigenvalue weighted by atomic mass is 35.5. The van der Waals surface area contributed by atoms with Crippen molar-refractivity contribution in [1.29, 1.82) is 0 Å². The van der Waals surface area contributed by atoms with Crippen molar-refractivity contribution in [2.24, 2.45) is 0 Å². The van der Waals surface area contributed by atoms with Crippen LogP contribution in [0.15, 0.2) is 42.5 Å². The average molecular weight is 307 g/mol. The summed E-state index contributed by atoms with van der Waals surface area (Å²) in [7, 11) is 3.01. The largest absolute Gasteiger partial charge is 0.493 e. The maximum Gasteiger partial charge on any atom is 0.195 e. The zero-order chi connectivity index (χ0) is 15.4. The minimum atomic E-state index is -1.29. The number of aliphatic hydroxyl groups excluding tert-OH is 1. The van der Waals surface area contributed by atoms with E-state index in [9.17, 15) is 9.90 Å². The number of methoxy groups -OCH3 is 2. The molecule has 0 heterocycles. The Morgan fingerprint density at radius 2 is 1.81 bits per heavy atom. The number of hydrogen-bond acceptors (Lipinski definition) is 4. The third-order valence-electron chi connectivity index (χ3n) is 3.08. The summed E-state index contributed by atoms with van der Waals surface area (Å²) in [5.41, 5.74) is 0.780. The van der Waals surface area contributed by atoms with E-state index >= 15 is 0 Å². The number of carbonyl (C=O) groups excluding carboxylic acids is 1. The lowest BCUT2D eigenvalue weighted by Gasteiger charge is -2.13. The minimum absolute atomic E-state index is 0.352. The molecule has 110 valence electrons. The summed E-state index contributed by atoms with van der Waals surface area (Å²) < 4.78 is 10.3. The van der Waals surface area contributed by atoms with Gasteiger partial charge in [-0.25, -0.2) is 0 Å². The summed E-state index contributed by atoms with van der Waals surface area (Å²) in [6, 6.07) is 11.3. The third-order valence-corrected chi connectivity index (χ3v) is 3.32. The number of rotatable bonds is 5. The van der Waals surface area contributed by atoms with Crippen molar-refractivity contribution in [3.05, 3.63) is 58.6 Å². The third kappa shape index (κ3) is 3.35. The molecule has 5 heteroatoms. The van der Waals surface area contributed by atoms with Crippen LogP contribution in [-0.2, 0) is 0 Å². The molecule has 2 rings (SSSR count). The lowest BCUT2D eigenvalue weighted by Crippen LogP contribution is -2.12. The second-order valence-electron chi connectivity index (χ2n) is 4.39. The molecule has 0 amide bonds. The first-order valence-corrected chi connectivity index (χ1v) is 6.64. The van der Waals surface area contributed by atoms with Crippen LogP contribution in [-0.4, -0.2) is 25.1 Å². The Morgan fingerprint density at radius 3 is 2.43 bits per heavy atom. The summed E-state index contributed by atoms with van der Waals surface area (Å²) in [6.07, 6.45) is -1.29. The van der Waals surface area contributed by atoms with Crippen molar-refractivity contribution >= 4 is 17.4 Å². The minimum Gasteiger partial charge on any atom is -0.493 e. The van der Waals surface area contributed by atoms with E-state index in [1.54, 1.807) is 36.4 Å². The number of halogens is 1. The highest BCUT2D eigenvalue weighted by Gasteiger charge is 2.21. The number of ether oxygens (including phenoxy) is 2. The Labute approximate surface area is 127 Å². The number of hydrogen-bond donors (Lipinski definition) is 1. The van der Waals surface area contributed by atoms with Gasteiger partial charge in [-0.2, -0.15) is 0 Å². The van der Waals surface area contributed by atoms with Crippen molar-refractivity contribution in [2.45, 2.75) is 6.10 Å². The first kappa shape index (κ1) is 15.4. The molecule has 1 N–H and O–H groups in total. The quantitative estimate of drug-likeness (QED) is 0.861. The summed E-state index contributed by atoms with van der Waals surface area (Å²) in [4.78, 5) is 12.3. The smallest absolute Gasteiger partial charge is 0.195 e. The molecule has 0 aliphatic heterocycles. The zero-order valence-electron chi connectivity index (χ0n) is 11.7. The van der Waals surface area contributed by atoms with E-state index in [1.807, 2.05) is 0 Å². The molecule has 21 heavy (non-hydrogen) atoms. The van der Waals surface area contributed by atoms with Crippen molar-refractivity contribution in [3.63, 3.8) is 0 Å².